The number of hydrogen-bond acceptors (Lipinski definition) is 13. The summed E-state index contributed by atoms with van der Waals surface area (Å²) in [7, 11) is 2.09. The number of anilines is 4. The molecule has 66 heavy (non-hydrogen) atoms. The third kappa shape index (κ3) is 9.44. The second kappa shape index (κ2) is 18.1. The highest BCUT2D eigenvalue weighted by atomic mass is 19.1. The summed E-state index contributed by atoms with van der Waals surface area (Å²) in [5.74, 6) is -0.768. The number of fused-ring (bicyclic) bond motifs is 1. The molecule has 0 radical (unpaired) electrons. The molecule has 1 unspecified atom stereocenters. The van der Waals surface area contributed by atoms with Gasteiger partial charge in [-0.2, -0.15) is 0 Å². The van der Waals surface area contributed by atoms with Crippen LogP contribution < -0.4 is 30.7 Å². The summed E-state index contributed by atoms with van der Waals surface area (Å²) in [5, 5.41) is 8.82. The van der Waals surface area contributed by atoms with Gasteiger partial charge in [-0.05, 0) is 93.8 Å². The quantitative estimate of drug-likeness (QED) is 0.225. The Morgan fingerprint density at radius 3 is 2.30 bits per heavy atom. The Morgan fingerprint density at radius 1 is 0.833 bits per heavy atom. The number of imide groups is 2. The highest BCUT2D eigenvalue weighted by molar-refractivity contribution is 6.23. The number of rotatable bonds is 12. The fraction of sp³-hybridized carbons (Fsp3) is 0.562. The van der Waals surface area contributed by atoms with E-state index in [2.05, 4.69) is 73.3 Å². The van der Waals surface area contributed by atoms with E-state index < -0.39 is 46.8 Å². The molecule has 1 aromatic heterocycles. The number of benzene rings is 2. The van der Waals surface area contributed by atoms with Crippen LogP contribution in [0.3, 0.4) is 0 Å². The number of nitrogens with one attached hydrogen (secondary N) is 3. The number of nitrogens with zero attached hydrogens (tertiary/aromatic N) is 8. The molecule has 0 aliphatic carbocycles. The molecule has 9 rings (SSSR count). The van der Waals surface area contributed by atoms with Gasteiger partial charge in [-0.1, -0.05) is 20.8 Å². The molecule has 3 atom stereocenters. The van der Waals surface area contributed by atoms with E-state index in [1.165, 1.54) is 12.1 Å². The van der Waals surface area contributed by atoms with Crippen LogP contribution in [0.4, 0.5) is 31.8 Å². The van der Waals surface area contributed by atoms with E-state index in [9.17, 15) is 24.0 Å². The number of likely N-dealkylation sites (N-methyl/N-ethyl adjacent to an activating group) is 1. The van der Waals surface area contributed by atoms with Gasteiger partial charge < -0.3 is 30.2 Å². The Morgan fingerprint density at radius 2 is 1.56 bits per heavy atom. The maximum absolute atomic E-state index is 15.7. The lowest BCUT2D eigenvalue weighted by Crippen LogP contribution is -2.66. The SMILES string of the molecule is C[C@@H]1CN(c2cc(N3CCC4(CC3)CN(c3cc(F)c(CN5CCC(C)(C)CC5)cc3F)CC(=O)N4)ncn2)C[C@@H]1CN(C)CCNc1ccc2c(c1)C(=O)N(C1CCC(=O)NC1=O)C2=O. The van der Waals surface area contributed by atoms with Crippen molar-refractivity contribution in [3.8, 4) is 0 Å². The molecule has 0 bridgehead atoms. The van der Waals surface area contributed by atoms with Gasteiger partial charge in [0.2, 0.25) is 17.7 Å². The molecule has 18 heteroatoms. The number of hydrogen-bond donors (Lipinski definition) is 3. The largest absolute Gasteiger partial charge is 0.384 e. The van der Waals surface area contributed by atoms with Gasteiger partial charge in [-0.15, -0.1) is 0 Å². The molecule has 3 N–H and O–H groups in total. The molecule has 352 valence electrons. The van der Waals surface area contributed by atoms with Crippen molar-refractivity contribution in [1.29, 1.82) is 0 Å². The number of aromatic nitrogens is 2. The third-order valence-corrected chi connectivity index (χ3v) is 14.9. The van der Waals surface area contributed by atoms with E-state index >= 15 is 8.78 Å². The van der Waals surface area contributed by atoms with Crippen LogP contribution in [0.5, 0.6) is 0 Å². The molecule has 16 nitrogen and oxygen atoms in total. The van der Waals surface area contributed by atoms with Crippen LogP contribution in [-0.2, 0) is 20.9 Å². The van der Waals surface area contributed by atoms with E-state index in [1.807, 2.05) is 6.07 Å². The Kier molecular flexibility index (Phi) is 12.5. The van der Waals surface area contributed by atoms with Crippen molar-refractivity contribution < 1.29 is 32.8 Å². The first-order valence-electron chi connectivity index (χ1n) is 23.4. The lowest BCUT2D eigenvalue weighted by atomic mass is 9.82. The summed E-state index contributed by atoms with van der Waals surface area (Å²) in [6.07, 6.45) is 5.08. The van der Waals surface area contributed by atoms with Gasteiger partial charge in [-0.25, -0.2) is 18.7 Å². The smallest absolute Gasteiger partial charge is 0.262 e. The molecule has 2 aromatic carbocycles. The second-order valence-corrected chi connectivity index (χ2v) is 20.3. The molecule has 5 amide bonds. The normalized spacial score (nSPS) is 24.3. The topological polar surface area (TPSA) is 167 Å². The number of piperazine rings is 1. The maximum Gasteiger partial charge on any atom is 0.262 e. The maximum atomic E-state index is 15.7. The van der Waals surface area contributed by atoms with Crippen LogP contribution in [-0.4, -0.2) is 145 Å². The zero-order valence-electron chi connectivity index (χ0n) is 38.4. The average Bonchev–Trinajstić information content (AvgIpc) is 3.76. The highest BCUT2D eigenvalue weighted by Gasteiger charge is 2.45. The fourth-order valence-corrected chi connectivity index (χ4v) is 10.7. The van der Waals surface area contributed by atoms with Gasteiger partial charge in [0.15, 0.2) is 0 Å². The van der Waals surface area contributed by atoms with Crippen LogP contribution in [0.1, 0.15) is 85.6 Å². The van der Waals surface area contributed by atoms with Crippen molar-refractivity contribution in [2.45, 2.75) is 77.4 Å². The molecule has 0 saturated carbocycles. The predicted molar refractivity (Wildman–Crippen MR) is 245 cm³/mol. The molecule has 5 fully saturated rings. The summed E-state index contributed by atoms with van der Waals surface area (Å²) in [5.41, 5.74) is 1.35. The molecule has 1 spiro atoms. The van der Waals surface area contributed by atoms with Gasteiger partial charge in [0.25, 0.3) is 11.8 Å². The van der Waals surface area contributed by atoms with Crippen LogP contribution >= 0.6 is 0 Å². The van der Waals surface area contributed by atoms with Gasteiger partial charge in [0.05, 0.1) is 28.9 Å². The Bertz CT molecular complexity index is 2400. The fourth-order valence-electron chi connectivity index (χ4n) is 10.7. The van der Waals surface area contributed by atoms with Crippen molar-refractivity contribution in [3.63, 3.8) is 0 Å². The van der Waals surface area contributed by atoms with Crippen molar-refractivity contribution in [2.24, 2.45) is 17.3 Å². The number of carbonyl (C=O) groups is 5. The summed E-state index contributed by atoms with van der Waals surface area (Å²) in [6, 6.07) is 8.65. The number of amides is 5. The first-order valence-corrected chi connectivity index (χ1v) is 23.4. The second-order valence-electron chi connectivity index (χ2n) is 20.3. The van der Waals surface area contributed by atoms with Gasteiger partial charge in [0, 0.05) is 88.7 Å². The van der Waals surface area contributed by atoms with Crippen molar-refractivity contribution in [1.82, 2.24) is 35.3 Å². The van der Waals surface area contributed by atoms with Crippen LogP contribution in [0.15, 0.2) is 42.7 Å². The molecule has 6 aliphatic heterocycles. The van der Waals surface area contributed by atoms with Crippen LogP contribution in [0.2, 0.25) is 0 Å². The minimum atomic E-state index is -1.00. The number of piperidine rings is 3. The third-order valence-electron chi connectivity index (χ3n) is 14.9. The number of carbonyl (C=O) groups excluding carboxylic acids is 5. The highest BCUT2D eigenvalue weighted by Crippen LogP contribution is 2.36. The standard InChI is InChI=1S/C48H61F2N11O5/c1-30-23-59(26-32(30)24-56(4)18-13-51-33-5-6-34-35(20-33)46(66)61(45(34)65)38-7-8-42(62)54-44(38)64)41-22-40(52-29-53-41)58-16-11-48(12-17-58)28-60(27-43(63)55-48)39-21-36(49)31(19-37(39)50)25-57-14-9-47(2,3)10-15-57/h5-6,19-22,29-30,32,38,51H,7-18,23-28H2,1-4H3,(H,55,63)(H,54,62,64)/t30-,32+,38?/m1/s1. The average molecular weight is 910 g/mol. The van der Waals surface area contributed by atoms with Gasteiger partial charge in [0.1, 0.15) is 35.6 Å². The minimum absolute atomic E-state index is 0.0297. The summed E-state index contributed by atoms with van der Waals surface area (Å²) in [4.78, 5) is 84.5. The van der Waals surface area contributed by atoms with E-state index in [0.29, 0.717) is 68.7 Å². The molecular formula is C48H61F2N11O5. The number of likely N-dealkylation sites (tertiary alicyclic amines) is 1. The summed E-state index contributed by atoms with van der Waals surface area (Å²) < 4.78 is 31.3. The van der Waals surface area contributed by atoms with Gasteiger partial charge in [-0.3, -0.25) is 39.1 Å². The lowest BCUT2D eigenvalue weighted by molar-refractivity contribution is -0.136. The molecule has 7 heterocycles. The predicted octanol–water partition coefficient (Wildman–Crippen LogP) is 3.87. The molecule has 3 aromatic rings. The Balaban J connectivity index is 0.752. The van der Waals surface area contributed by atoms with Crippen molar-refractivity contribution in [2.75, 3.05) is 99.1 Å². The molecule has 6 aliphatic rings. The van der Waals surface area contributed by atoms with E-state index in [4.69, 9.17) is 0 Å². The van der Waals surface area contributed by atoms with Crippen LogP contribution in [0, 0.1) is 28.9 Å². The summed E-state index contributed by atoms with van der Waals surface area (Å²) in [6.45, 7) is 14.3. The van der Waals surface area contributed by atoms with E-state index in [0.717, 1.165) is 68.6 Å². The van der Waals surface area contributed by atoms with E-state index in [1.54, 1.807) is 29.4 Å². The molecule has 5 saturated heterocycles. The minimum Gasteiger partial charge on any atom is -0.384 e. The monoisotopic (exact) mass is 909 g/mol. The lowest BCUT2D eigenvalue weighted by Gasteiger charge is -2.48. The zero-order valence-corrected chi connectivity index (χ0v) is 38.4. The van der Waals surface area contributed by atoms with Crippen molar-refractivity contribution >= 4 is 52.5 Å². The Labute approximate surface area is 384 Å². The summed E-state index contributed by atoms with van der Waals surface area (Å²) >= 11 is 0. The first kappa shape index (κ1) is 45.4. The number of halogens is 2. The van der Waals surface area contributed by atoms with E-state index in [-0.39, 0.29) is 47.5 Å². The van der Waals surface area contributed by atoms with Gasteiger partial charge >= 0.3 is 0 Å². The Hall–Kier alpha value is -5.75. The van der Waals surface area contributed by atoms with Crippen molar-refractivity contribution in [3.05, 3.63) is 71.1 Å². The molecular weight excluding hydrogens is 849 g/mol. The zero-order chi connectivity index (χ0) is 46.5. The first-order chi connectivity index (χ1) is 31.5. The van der Waals surface area contributed by atoms with Crippen LogP contribution in [0.25, 0.3) is 0 Å².